The summed E-state index contributed by atoms with van der Waals surface area (Å²) in [6, 6.07) is 2.03. The lowest BCUT2D eigenvalue weighted by Crippen LogP contribution is -2.38. The van der Waals surface area contributed by atoms with Gasteiger partial charge in [0.1, 0.15) is 0 Å². The molecular weight excluding hydrogens is 304 g/mol. The van der Waals surface area contributed by atoms with Crippen LogP contribution in [0, 0.1) is 6.92 Å². The first-order valence-electron chi connectivity index (χ1n) is 8.55. The lowest BCUT2D eigenvalue weighted by atomic mass is 9.99. The molecule has 0 saturated heterocycles. The van der Waals surface area contributed by atoms with Crippen LogP contribution in [0.1, 0.15) is 49.6 Å². The highest BCUT2D eigenvalue weighted by atomic mass is 16.5. The molecule has 2 aromatic heterocycles. The van der Waals surface area contributed by atoms with Gasteiger partial charge in [-0.3, -0.25) is 9.67 Å². The van der Waals surface area contributed by atoms with Gasteiger partial charge in [-0.2, -0.15) is 5.10 Å². The molecule has 24 heavy (non-hydrogen) atoms. The highest BCUT2D eigenvalue weighted by Gasteiger charge is 2.13. The molecule has 2 N–H and O–H groups in total. The van der Waals surface area contributed by atoms with E-state index in [4.69, 9.17) is 4.52 Å². The average molecular weight is 332 g/mol. The number of aromatic nitrogens is 3. The van der Waals surface area contributed by atoms with Crippen LogP contribution in [0.3, 0.4) is 0 Å². The topological polar surface area (TPSA) is 80.3 Å². The van der Waals surface area contributed by atoms with Crippen molar-refractivity contribution in [3.63, 3.8) is 0 Å². The van der Waals surface area contributed by atoms with E-state index in [0.29, 0.717) is 12.5 Å². The molecule has 2 rings (SSSR count). The van der Waals surface area contributed by atoms with Gasteiger partial charge in [-0.1, -0.05) is 19.0 Å². The zero-order chi connectivity index (χ0) is 17.4. The number of nitrogens with one attached hydrogen (secondary N) is 2. The molecule has 0 radical (unpaired) electrons. The van der Waals surface area contributed by atoms with E-state index in [1.165, 1.54) is 0 Å². The molecule has 7 heteroatoms. The zero-order valence-electron chi connectivity index (χ0n) is 15.0. The van der Waals surface area contributed by atoms with E-state index in [-0.39, 0.29) is 0 Å². The van der Waals surface area contributed by atoms with E-state index in [0.717, 1.165) is 48.9 Å². The molecule has 2 aromatic rings. The fourth-order valence-corrected chi connectivity index (χ4v) is 2.58. The number of guanidine groups is 1. The molecule has 0 aliphatic rings. The van der Waals surface area contributed by atoms with Gasteiger partial charge in [-0.05, 0) is 25.3 Å². The van der Waals surface area contributed by atoms with Crippen molar-refractivity contribution in [3.8, 4) is 0 Å². The summed E-state index contributed by atoms with van der Waals surface area (Å²) in [4.78, 5) is 4.22. The van der Waals surface area contributed by atoms with Gasteiger partial charge in [0, 0.05) is 31.8 Å². The van der Waals surface area contributed by atoms with Crippen LogP contribution in [0.4, 0.5) is 0 Å². The van der Waals surface area contributed by atoms with Crippen molar-refractivity contribution in [1.29, 1.82) is 0 Å². The van der Waals surface area contributed by atoms with Gasteiger partial charge in [0.05, 0.1) is 25.0 Å². The van der Waals surface area contributed by atoms with Crippen LogP contribution in [-0.2, 0) is 13.1 Å². The van der Waals surface area contributed by atoms with Crippen LogP contribution in [-0.4, -0.2) is 34.5 Å². The number of rotatable bonds is 8. The van der Waals surface area contributed by atoms with Crippen molar-refractivity contribution in [3.05, 3.63) is 35.5 Å². The second-order valence-corrected chi connectivity index (χ2v) is 5.86. The van der Waals surface area contributed by atoms with Gasteiger partial charge in [0.2, 0.25) is 0 Å². The van der Waals surface area contributed by atoms with E-state index >= 15 is 0 Å². The minimum absolute atomic E-state index is 0.470. The number of nitrogens with zero attached hydrogens (tertiary/aromatic N) is 4. The minimum Gasteiger partial charge on any atom is -0.359 e. The Morgan fingerprint density at radius 3 is 2.75 bits per heavy atom. The molecule has 7 nitrogen and oxygen atoms in total. The van der Waals surface area contributed by atoms with Crippen LogP contribution >= 0.6 is 0 Å². The number of hydrogen-bond donors (Lipinski definition) is 2. The van der Waals surface area contributed by atoms with Crippen molar-refractivity contribution in [2.75, 3.05) is 13.6 Å². The quantitative estimate of drug-likeness (QED) is 0.573. The van der Waals surface area contributed by atoms with Crippen molar-refractivity contribution >= 4 is 5.96 Å². The van der Waals surface area contributed by atoms with Crippen LogP contribution < -0.4 is 10.6 Å². The molecule has 0 bridgehead atoms. The predicted octanol–water partition coefficient (Wildman–Crippen LogP) is 2.45. The number of aliphatic imine (C=N–C) groups is 1. The van der Waals surface area contributed by atoms with Gasteiger partial charge in [-0.25, -0.2) is 0 Å². The first kappa shape index (κ1) is 18.0. The summed E-state index contributed by atoms with van der Waals surface area (Å²) in [6.45, 7) is 8.48. The molecule has 0 unspecified atom stereocenters. The molecule has 0 atom stereocenters. The largest absolute Gasteiger partial charge is 0.359 e. The van der Waals surface area contributed by atoms with Crippen LogP contribution in [0.15, 0.2) is 28.0 Å². The minimum atomic E-state index is 0.470. The molecule has 0 aliphatic heterocycles. The molecule has 2 heterocycles. The third-order valence-electron chi connectivity index (χ3n) is 4.03. The Labute approximate surface area is 143 Å². The van der Waals surface area contributed by atoms with E-state index in [1.54, 1.807) is 7.05 Å². The maximum absolute atomic E-state index is 5.41. The van der Waals surface area contributed by atoms with E-state index < -0.39 is 0 Å². The summed E-state index contributed by atoms with van der Waals surface area (Å²) in [5.41, 5.74) is 2.20. The van der Waals surface area contributed by atoms with Crippen molar-refractivity contribution < 1.29 is 4.52 Å². The molecule has 0 amide bonds. The SMILES string of the molecule is CCC(CC)c1cc(CNC(=NC)NCCn2cc(C)cn2)on1. The standard InChI is InChI=1S/C17H28N6O/c1-5-14(6-2)16-9-15(24-22-16)11-20-17(18-4)19-7-8-23-12-13(3)10-21-23/h9-10,12,14H,5-8,11H2,1-4H3,(H2,18,19,20). The van der Waals surface area contributed by atoms with Gasteiger partial charge < -0.3 is 15.2 Å². The summed E-state index contributed by atoms with van der Waals surface area (Å²) in [5.74, 6) is 2.03. The average Bonchev–Trinajstić information content (AvgIpc) is 3.21. The lowest BCUT2D eigenvalue weighted by Gasteiger charge is -2.10. The summed E-state index contributed by atoms with van der Waals surface area (Å²) < 4.78 is 7.32. The van der Waals surface area contributed by atoms with Gasteiger partial charge in [-0.15, -0.1) is 0 Å². The summed E-state index contributed by atoms with van der Waals surface area (Å²) in [6.07, 6.45) is 6.03. The van der Waals surface area contributed by atoms with E-state index in [9.17, 15) is 0 Å². The smallest absolute Gasteiger partial charge is 0.191 e. The molecule has 0 fully saturated rings. The lowest BCUT2D eigenvalue weighted by molar-refractivity contribution is 0.368. The number of hydrogen-bond acceptors (Lipinski definition) is 4. The van der Waals surface area contributed by atoms with Gasteiger partial charge in [0.25, 0.3) is 0 Å². The van der Waals surface area contributed by atoms with Crippen molar-refractivity contribution in [1.82, 2.24) is 25.6 Å². The van der Waals surface area contributed by atoms with Gasteiger partial charge >= 0.3 is 0 Å². The highest BCUT2D eigenvalue weighted by molar-refractivity contribution is 5.79. The Bertz CT molecular complexity index is 641. The fraction of sp³-hybridized carbons (Fsp3) is 0.588. The fourth-order valence-electron chi connectivity index (χ4n) is 2.58. The molecule has 0 saturated carbocycles. The normalized spacial score (nSPS) is 12.0. The predicted molar refractivity (Wildman–Crippen MR) is 95.0 cm³/mol. The first-order chi connectivity index (χ1) is 11.7. The summed E-state index contributed by atoms with van der Waals surface area (Å²) in [7, 11) is 1.75. The van der Waals surface area contributed by atoms with E-state index in [2.05, 4.69) is 39.7 Å². The molecule has 0 aromatic carbocycles. The third-order valence-corrected chi connectivity index (χ3v) is 4.03. The van der Waals surface area contributed by atoms with Crippen LogP contribution in [0.25, 0.3) is 0 Å². The molecule has 132 valence electrons. The zero-order valence-corrected chi connectivity index (χ0v) is 15.0. The van der Waals surface area contributed by atoms with Gasteiger partial charge in [0.15, 0.2) is 11.7 Å². The monoisotopic (exact) mass is 332 g/mol. The Hall–Kier alpha value is -2.31. The first-order valence-corrected chi connectivity index (χ1v) is 8.55. The summed E-state index contributed by atoms with van der Waals surface area (Å²) >= 11 is 0. The second kappa shape index (κ2) is 9.10. The van der Waals surface area contributed by atoms with Crippen molar-refractivity contribution in [2.24, 2.45) is 4.99 Å². The maximum Gasteiger partial charge on any atom is 0.191 e. The third kappa shape index (κ3) is 5.11. The Balaban J connectivity index is 1.77. The second-order valence-electron chi connectivity index (χ2n) is 5.86. The Morgan fingerprint density at radius 2 is 2.12 bits per heavy atom. The van der Waals surface area contributed by atoms with E-state index in [1.807, 2.05) is 30.1 Å². The highest BCUT2D eigenvalue weighted by Crippen LogP contribution is 2.22. The molecule has 0 aliphatic carbocycles. The maximum atomic E-state index is 5.41. The van der Waals surface area contributed by atoms with Crippen molar-refractivity contribution in [2.45, 2.75) is 52.6 Å². The Kier molecular flexibility index (Phi) is 6.84. The molecule has 0 spiro atoms. The Morgan fingerprint density at radius 1 is 1.33 bits per heavy atom. The molecular formula is C17H28N6O. The summed E-state index contributed by atoms with van der Waals surface area (Å²) in [5, 5.41) is 14.9. The van der Waals surface area contributed by atoms with Crippen LogP contribution in [0.5, 0.6) is 0 Å². The van der Waals surface area contributed by atoms with Crippen LogP contribution in [0.2, 0.25) is 0 Å². The number of aryl methyl sites for hydroxylation is 1.